The second-order valence-electron chi connectivity index (χ2n) is 5.16. The molecule has 0 bridgehead atoms. The lowest BCUT2D eigenvalue weighted by Gasteiger charge is -2.19. The van der Waals surface area contributed by atoms with Crippen LogP contribution in [0, 0.1) is 6.92 Å². The van der Waals surface area contributed by atoms with Gasteiger partial charge in [-0.05, 0) is 49.1 Å². The largest absolute Gasteiger partial charge is 0.388 e. The van der Waals surface area contributed by atoms with Crippen molar-refractivity contribution in [2.75, 3.05) is 13.6 Å². The molecule has 18 heavy (non-hydrogen) atoms. The van der Waals surface area contributed by atoms with Crippen molar-refractivity contribution in [2.45, 2.75) is 38.6 Å². The van der Waals surface area contributed by atoms with Crippen LogP contribution in [-0.4, -0.2) is 13.6 Å². The third-order valence-corrected chi connectivity index (χ3v) is 3.86. The second kappa shape index (κ2) is 6.05. The van der Waals surface area contributed by atoms with E-state index in [1.165, 1.54) is 42.4 Å². The van der Waals surface area contributed by atoms with E-state index in [2.05, 4.69) is 42.3 Å². The molecular formula is C16H24N2. The monoisotopic (exact) mass is 244 g/mol. The van der Waals surface area contributed by atoms with E-state index in [9.17, 15) is 0 Å². The molecule has 1 aliphatic heterocycles. The molecule has 1 aromatic rings. The summed E-state index contributed by atoms with van der Waals surface area (Å²) < 4.78 is 0. The van der Waals surface area contributed by atoms with Crippen LogP contribution in [0.2, 0.25) is 0 Å². The number of hydrogen-bond donors (Lipinski definition) is 2. The molecule has 1 heterocycles. The van der Waals surface area contributed by atoms with Crippen molar-refractivity contribution in [2.24, 2.45) is 0 Å². The standard InChI is InChI=1S/C16H24N2/c1-12-11-14(13(2)17-3)8-9-15(12)16-7-5-4-6-10-18-16/h8-9,11,16-18H,2,4-7,10H2,1,3H3. The molecule has 2 heteroatoms. The number of aryl methyl sites for hydroxylation is 1. The summed E-state index contributed by atoms with van der Waals surface area (Å²) in [5.74, 6) is 0. The highest BCUT2D eigenvalue weighted by atomic mass is 14.9. The maximum atomic E-state index is 4.01. The third-order valence-electron chi connectivity index (χ3n) is 3.86. The zero-order valence-corrected chi connectivity index (χ0v) is 11.6. The van der Waals surface area contributed by atoms with E-state index in [0.717, 1.165) is 12.2 Å². The van der Waals surface area contributed by atoms with Gasteiger partial charge in [0.05, 0.1) is 0 Å². The predicted octanol–water partition coefficient (Wildman–Crippen LogP) is 3.39. The normalized spacial score (nSPS) is 20.2. The van der Waals surface area contributed by atoms with E-state index in [-0.39, 0.29) is 0 Å². The van der Waals surface area contributed by atoms with E-state index in [1.807, 2.05) is 7.05 Å². The van der Waals surface area contributed by atoms with Crippen molar-refractivity contribution in [3.05, 3.63) is 41.5 Å². The molecule has 2 N–H and O–H groups in total. The molecule has 0 aliphatic carbocycles. The molecule has 1 saturated heterocycles. The van der Waals surface area contributed by atoms with E-state index >= 15 is 0 Å². The molecule has 0 amide bonds. The minimum Gasteiger partial charge on any atom is -0.388 e. The first-order valence-corrected chi connectivity index (χ1v) is 6.93. The molecule has 1 unspecified atom stereocenters. The Labute approximate surface area is 110 Å². The molecule has 1 fully saturated rings. The summed E-state index contributed by atoms with van der Waals surface area (Å²) in [5, 5.41) is 6.77. The van der Waals surface area contributed by atoms with E-state index in [4.69, 9.17) is 0 Å². The molecular weight excluding hydrogens is 220 g/mol. The Kier molecular flexibility index (Phi) is 4.43. The fourth-order valence-corrected chi connectivity index (χ4v) is 2.69. The molecule has 0 saturated carbocycles. The zero-order chi connectivity index (χ0) is 13.0. The topological polar surface area (TPSA) is 24.1 Å². The third kappa shape index (κ3) is 2.94. The summed E-state index contributed by atoms with van der Waals surface area (Å²) >= 11 is 0. The number of benzene rings is 1. The minimum absolute atomic E-state index is 0.532. The van der Waals surface area contributed by atoms with Crippen LogP contribution < -0.4 is 10.6 Å². The Balaban J connectivity index is 2.20. The number of hydrogen-bond acceptors (Lipinski definition) is 2. The summed E-state index contributed by atoms with van der Waals surface area (Å²) in [7, 11) is 1.92. The highest BCUT2D eigenvalue weighted by Crippen LogP contribution is 2.26. The zero-order valence-electron chi connectivity index (χ0n) is 11.6. The van der Waals surface area contributed by atoms with Crippen molar-refractivity contribution in [3.8, 4) is 0 Å². The first-order valence-electron chi connectivity index (χ1n) is 6.93. The Morgan fingerprint density at radius 2 is 2.17 bits per heavy atom. The van der Waals surface area contributed by atoms with Gasteiger partial charge in [0.25, 0.3) is 0 Å². The molecule has 2 nitrogen and oxygen atoms in total. The maximum absolute atomic E-state index is 4.01. The molecule has 98 valence electrons. The lowest BCUT2D eigenvalue weighted by Crippen LogP contribution is -2.21. The highest BCUT2D eigenvalue weighted by molar-refractivity contribution is 5.62. The molecule has 0 spiro atoms. The van der Waals surface area contributed by atoms with Gasteiger partial charge in [0.1, 0.15) is 0 Å². The summed E-state index contributed by atoms with van der Waals surface area (Å²) in [5.41, 5.74) is 4.98. The van der Waals surface area contributed by atoms with Gasteiger partial charge in [-0.15, -0.1) is 0 Å². The van der Waals surface area contributed by atoms with Gasteiger partial charge in [-0.3, -0.25) is 0 Å². The fourth-order valence-electron chi connectivity index (χ4n) is 2.69. The van der Waals surface area contributed by atoms with Crippen molar-refractivity contribution in [1.82, 2.24) is 10.6 Å². The number of rotatable bonds is 3. The summed E-state index contributed by atoms with van der Waals surface area (Å²) in [6.07, 6.45) is 5.26. The molecule has 1 aliphatic rings. The van der Waals surface area contributed by atoms with Gasteiger partial charge in [0.15, 0.2) is 0 Å². The summed E-state index contributed by atoms with van der Waals surface area (Å²) in [4.78, 5) is 0. The average Bonchev–Trinajstić information content (AvgIpc) is 2.66. The van der Waals surface area contributed by atoms with Crippen LogP contribution >= 0.6 is 0 Å². The van der Waals surface area contributed by atoms with Crippen LogP contribution in [0.15, 0.2) is 24.8 Å². The molecule has 0 aromatic heterocycles. The Morgan fingerprint density at radius 3 is 2.89 bits per heavy atom. The van der Waals surface area contributed by atoms with Gasteiger partial charge in [0, 0.05) is 18.8 Å². The fraction of sp³-hybridized carbons (Fsp3) is 0.500. The van der Waals surface area contributed by atoms with Crippen LogP contribution in [0.25, 0.3) is 5.70 Å². The first-order chi connectivity index (χ1) is 8.72. The van der Waals surface area contributed by atoms with E-state index in [0.29, 0.717) is 6.04 Å². The Bertz CT molecular complexity index is 415. The first kappa shape index (κ1) is 13.2. The van der Waals surface area contributed by atoms with Crippen LogP contribution in [0.5, 0.6) is 0 Å². The smallest absolute Gasteiger partial charge is 0.0338 e. The average molecular weight is 244 g/mol. The minimum atomic E-state index is 0.532. The lowest BCUT2D eigenvalue weighted by molar-refractivity contribution is 0.532. The van der Waals surface area contributed by atoms with Gasteiger partial charge in [-0.25, -0.2) is 0 Å². The van der Waals surface area contributed by atoms with Gasteiger partial charge >= 0.3 is 0 Å². The molecule has 1 atom stereocenters. The molecule has 1 aromatic carbocycles. The summed E-state index contributed by atoms with van der Waals surface area (Å²) in [6, 6.07) is 7.20. The van der Waals surface area contributed by atoms with Crippen molar-refractivity contribution in [1.29, 1.82) is 0 Å². The predicted molar refractivity (Wildman–Crippen MR) is 78.5 cm³/mol. The second-order valence-corrected chi connectivity index (χ2v) is 5.16. The van der Waals surface area contributed by atoms with Crippen molar-refractivity contribution in [3.63, 3.8) is 0 Å². The molecule has 0 radical (unpaired) electrons. The van der Waals surface area contributed by atoms with Gasteiger partial charge < -0.3 is 10.6 Å². The van der Waals surface area contributed by atoms with Crippen molar-refractivity contribution < 1.29 is 0 Å². The van der Waals surface area contributed by atoms with Crippen LogP contribution in [0.4, 0.5) is 0 Å². The quantitative estimate of drug-likeness (QED) is 0.851. The van der Waals surface area contributed by atoms with Gasteiger partial charge in [-0.2, -0.15) is 0 Å². The molecule has 2 rings (SSSR count). The van der Waals surface area contributed by atoms with Crippen LogP contribution in [0.3, 0.4) is 0 Å². The number of nitrogens with one attached hydrogen (secondary N) is 2. The highest BCUT2D eigenvalue weighted by Gasteiger charge is 2.15. The van der Waals surface area contributed by atoms with Gasteiger partial charge in [-0.1, -0.05) is 31.6 Å². The van der Waals surface area contributed by atoms with Crippen molar-refractivity contribution >= 4 is 5.70 Å². The van der Waals surface area contributed by atoms with E-state index in [1.54, 1.807) is 0 Å². The summed E-state index contributed by atoms with van der Waals surface area (Å²) in [6.45, 7) is 7.37. The van der Waals surface area contributed by atoms with Crippen LogP contribution in [0.1, 0.15) is 48.4 Å². The maximum Gasteiger partial charge on any atom is 0.0338 e. The Hall–Kier alpha value is -1.28. The Morgan fingerprint density at radius 1 is 1.33 bits per heavy atom. The van der Waals surface area contributed by atoms with Gasteiger partial charge in [0.2, 0.25) is 0 Å². The SMILES string of the molecule is C=C(NC)c1ccc(C2CCCCCN2)c(C)c1. The van der Waals surface area contributed by atoms with Crippen LogP contribution in [-0.2, 0) is 0 Å². The van der Waals surface area contributed by atoms with E-state index < -0.39 is 0 Å². The lowest BCUT2D eigenvalue weighted by atomic mass is 9.95.